The van der Waals surface area contributed by atoms with Crippen LogP contribution >= 0.6 is 12.4 Å². The summed E-state index contributed by atoms with van der Waals surface area (Å²) in [6.07, 6.45) is 6.25. The van der Waals surface area contributed by atoms with Crippen LogP contribution in [-0.2, 0) is 4.79 Å². The van der Waals surface area contributed by atoms with Crippen molar-refractivity contribution in [3.05, 3.63) is 0 Å². The molecule has 1 atom stereocenters. The molecule has 0 aliphatic heterocycles. The van der Waals surface area contributed by atoms with E-state index in [2.05, 4.69) is 12.2 Å². The van der Waals surface area contributed by atoms with E-state index < -0.39 is 0 Å². The number of hydrogen-bond donors (Lipinski definition) is 2. The third-order valence-corrected chi connectivity index (χ3v) is 3.29. The predicted molar refractivity (Wildman–Crippen MR) is 69.7 cm³/mol. The maximum absolute atomic E-state index is 11.7. The Labute approximate surface area is 105 Å². The summed E-state index contributed by atoms with van der Waals surface area (Å²) in [5.74, 6) is 0.378. The Hall–Kier alpha value is -0.280. The minimum Gasteiger partial charge on any atom is -0.353 e. The van der Waals surface area contributed by atoms with Crippen LogP contribution < -0.4 is 11.1 Å². The molecule has 1 rings (SSSR count). The van der Waals surface area contributed by atoms with E-state index in [1.165, 1.54) is 0 Å². The minimum atomic E-state index is 0. The van der Waals surface area contributed by atoms with Crippen LogP contribution in [0.3, 0.4) is 0 Å². The first kappa shape index (κ1) is 15.7. The molecule has 1 saturated carbocycles. The van der Waals surface area contributed by atoms with Gasteiger partial charge in [0.15, 0.2) is 0 Å². The Morgan fingerprint density at radius 1 is 1.38 bits per heavy atom. The molecule has 1 aliphatic carbocycles. The Morgan fingerprint density at radius 2 is 1.94 bits per heavy atom. The van der Waals surface area contributed by atoms with Gasteiger partial charge in [0, 0.05) is 18.0 Å². The predicted octanol–water partition coefficient (Wildman–Crippen LogP) is 2.23. The summed E-state index contributed by atoms with van der Waals surface area (Å²) in [4.78, 5) is 11.7. The summed E-state index contributed by atoms with van der Waals surface area (Å²) in [7, 11) is 0. The fourth-order valence-electron chi connectivity index (χ4n) is 2.17. The van der Waals surface area contributed by atoms with Crippen LogP contribution in [0.4, 0.5) is 0 Å². The zero-order valence-corrected chi connectivity index (χ0v) is 11.2. The molecule has 0 aromatic rings. The lowest BCUT2D eigenvalue weighted by atomic mass is 9.91. The van der Waals surface area contributed by atoms with Crippen LogP contribution in [0, 0.1) is 5.92 Å². The van der Waals surface area contributed by atoms with Gasteiger partial charge < -0.3 is 11.1 Å². The standard InChI is InChI=1S/C12H24N2O.ClH/c1-3-4-9(2)12(15)14-11-7-5-10(13)6-8-11;/h9-11H,3-8,13H2,1-2H3,(H,14,15);1H. The van der Waals surface area contributed by atoms with Crippen molar-refractivity contribution in [1.82, 2.24) is 5.32 Å². The number of carbonyl (C=O) groups is 1. The Kier molecular flexibility index (Phi) is 7.77. The van der Waals surface area contributed by atoms with Crippen molar-refractivity contribution >= 4 is 18.3 Å². The van der Waals surface area contributed by atoms with Gasteiger partial charge in [0.05, 0.1) is 0 Å². The number of nitrogens with two attached hydrogens (primary N) is 1. The quantitative estimate of drug-likeness (QED) is 0.802. The highest BCUT2D eigenvalue weighted by atomic mass is 35.5. The van der Waals surface area contributed by atoms with E-state index in [0.29, 0.717) is 12.1 Å². The van der Waals surface area contributed by atoms with E-state index in [0.717, 1.165) is 38.5 Å². The van der Waals surface area contributed by atoms with E-state index in [9.17, 15) is 4.79 Å². The molecule has 1 unspecified atom stereocenters. The summed E-state index contributed by atoms with van der Waals surface area (Å²) < 4.78 is 0. The molecule has 3 N–H and O–H groups in total. The molecule has 0 spiro atoms. The fourth-order valence-corrected chi connectivity index (χ4v) is 2.17. The van der Waals surface area contributed by atoms with E-state index in [1.54, 1.807) is 0 Å². The van der Waals surface area contributed by atoms with Crippen LogP contribution in [0.25, 0.3) is 0 Å². The normalized spacial score (nSPS) is 26.7. The number of rotatable bonds is 4. The Morgan fingerprint density at radius 3 is 2.44 bits per heavy atom. The lowest BCUT2D eigenvalue weighted by Crippen LogP contribution is -2.42. The molecule has 1 fully saturated rings. The van der Waals surface area contributed by atoms with E-state index in [-0.39, 0.29) is 24.2 Å². The molecule has 1 amide bonds. The van der Waals surface area contributed by atoms with Crippen molar-refractivity contribution in [3.63, 3.8) is 0 Å². The number of carbonyl (C=O) groups excluding carboxylic acids is 1. The summed E-state index contributed by atoms with van der Waals surface area (Å²) >= 11 is 0. The summed E-state index contributed by atoms with van der Waals surface area (Å²) in [5, 5.41) is 3.13. The molecule has 96 valence electrons. The second kappa shape index (κ2) is 7.91. The molecule has 1 aliphatic rings. The van der Waals surface area contributed by atoms with Gasteiger partial charge in [-0.1, -0.05) is 20.3 Å². The third-order valence-electron chi connectivity index (χ3n) is 3.29. The number of halogens is 1. The van der Waals surface area contributed by atoms with Gasteiger partial charge in [-0.15, -0.1) is 12.4 Å². The van der Waals surface area contributed by atoms with Crippen LogP contribution in [0.15, 0.2) is 0 Å². The van der Waals surface area contributed by atoms with Gasteiger partial charge in [-0.3, -0.25) is 4.79 Å². The smallest absolute Gasteiger partial charge is 0.223 e. The fraction of sp³-hybridized carbons (Fsp3) is 0.917. The minimum absolute atomic E-state index is 0. The van der Waals surface area contributed by atoms with Crippen molar-refractivity contribution in [1.29, 1.82) is 0 Å². The molecule has 4 heteroatoms. The second-order valence-corrected chi connectivity index (χ2v) is 4.81. The number of hydrogen-bond acceptors (Lipinski definition) is 2. The van der Waals surface area contributed by atoms with Crippen LogP contribution in [-0.4, -0.2) is 18.0 Å². The molecule has 0 radical (unpaired) electrons. The lowest BCUT2D eigenvalue weighted by Gasteiger charge is -2.27. The Balaban J connectivity index is 0.00000225. The Bertz CT molecular complexity index is 203. The molecular weight excluding hydrogens is 224 g/mol. The van der Waals surface area contributed by atoms with Crippen LogP contribution in [0.5, 0.6) is 0 Å². The third kappa shape index (κ3) is 5.17. The van der Waals surface area contributed by atoms with Gasteiger partial charge in [0.25, 0.3) is 0 Å². The van der Waals surface area contributed by atoms with Gasteiger partial charge in [-0.25, -0.2) is 0 Å². The summed E-state index contributed by atoms with van der Waals surface area (Å²) in [6.45, 7) is 4.12. The largest absolute Gasteiger partial charge is 0.353 e. The SMILES string of the molecule is CCCC(C)C(=O)NC1CCC(N)CC1.Cl. The van der Waals surface area contributed by atoms with Gasteiger partial charge in [0.2, 0.25) is 5.91 Å². The van der Waals surface area contributed by atoms with Crippen molar-refractivity contribution < 1.29 is 4.79 Å². The summed E-state index contributed by atoms with van der Waals surface area (Å²) in [5.41, 5.74) is 5.82. The summed E-state index contributed by atoms with van der Waals surface area (Å²) in [6, 6.07) is 0.725. The van der Waals surface area contributed by atoms with Crippen LogP contribution in [0.2, 0.25) is 0 Å². The maximum atomic E-state index is 11.7. The first-order valence-electron chi connectivity index (χ1n) is 6.19. The molecule has 0 aromatic carbocycles. The maximum Gasteiger partial charge on any atom is 0.223 e. The molecule has 0 heterocycles. The molecule has 0 saturated heterocycles. The molecule has 16 heavy (non-hydrogen) atoms. The highest BCUT2D eigenvalue weighted by Gasteiger charge is 2.21. The van der Waals surface area contributed by atoms with Crippen LogP contribution in [0.1, 0.15) is 52.4 Å². The molecule has 0 bridgehead atoms. The molecule has 0 aromatic heterocycles. The first-order chi connectivity index (χ1) is 7.13. The monoisotopic (exact) mass is 248 g/mol. The van der Waals surface area contributed by atoms with Crippen molar-refractivity contribution in [2.75, 3.05) is 0 Å². The second-order valence-electron chi connectivity index (χ2n) is 4.81. The van der Waals surface area contributed by atoms with Crippen molar-refractivity contribution in [2.45, 2.75) is 64.5 Å². The zero-order valence-electron chi connectivity index (χ0n) is 10.4. The van der Waals surface area contributed by atoms with E-state index in [1.807, 2.05) is 6.92 Å². The highest BCUT2D eigenvalue weighted by molar-refractivity contribution is 5.85. The van der Waals surface area contributed by atoms with E-state index >= 15 is 0 Å². The zero-order chi connectivity index (χ0) is 11.3. The van der Waals surface area contributed by atoms with Gasteiger partial charge in [-0.2, -0.15) is 0 Å². The number of amides is 1. The average molecular weight is 249 g/mol. The lowest BCUT2D eigenvalue weighted by molar-refractivity contribution is -0.125. The topological polar surface area (TPSA) is 55.1 Å². The van der Waals surface area contributed by atoms with Gasteiger partial charge in [-0.05, 0) is 32.1 Å². The van der Waals surface area contributed by atoms with Gasteiger partial charge in [0.1, 0.15) is 0 Å². The average Bonchev–Trinajstić information content (AvgIpc) is 2.22. The first-order valence-corrected chi connectivity index (χ1v) is 6.19. The van der Waals surface area contributed by atoms with Crippen molar-refractivity contribution in [3.8, 4) is 0 Å². The molecule has 3 nitrogen and oxygen atoms in total. The van der Waals surface area contributed by atoms with Crippen molar-refractivity contribution in [2.24, 2.45) is 11.7 Å². The van der Waals surface area contributed by atoms with Gasteiger partial charge >= 0.3 is 0 Å². The highest BCUT2D eigenvalue weighted by Crippen LogP contribution is 2.17. The van der Waals surface area contributed by atoms with E-state index in [4.69, 9.17) is 5.73 Å². The molecular formula is C12H25ClN2O. The number of nitrogens with one attached hydrogen (secondary N) is 1.